The standard InChI is InChI=1S/C8H14N4O/c1-3-5-9-8(13)7-10-6(4-2)11-12-7/h3-5H2,1-2H3,(H,9,13)(H,10,11,12). The summed E-state index contributed by atoms with van der Waals surface area (Å²) in [5.41, 5.74) is 0. The van der Waals surface area contributed by atoms with Crippen LogP contribution in [-0.2, 0) is 6.42 Å². The van der Waals surface area contributed by atoms with Crippen LogP contribution in [0.3, 0.4) is 0 Å². The lowest BCUT2D eigenvalue weighted by Gasteiger charge is -1.97. The van der Waals surface area contributed by atoms with Crippen LogP contribution < -0.4 is 5.32 Å². The lowest BCUT2D eigenvalue weighted by atomic mass is 10.4. The summed E-state index contributed by atoms with van der Waals surface area (Å²) in [6, 6.07) is 0. The second-order valence-electron chi connectivity index (χ2n) is 2.72. The quantitative estimate of drug-likeness (QED) is 0.712. The summed E-state index contributed by atoms with van der Waals surface area (Å²) in [5.74, 6) is 0.754. The van der Waals surface area contributed by atoms with Gasteiger partial charge in [-0.2, -0.15) is 0 Å². The maximum atomic E-state index is 11.3. The van der Waals surface area contributed by atoms with Gasteiger partial charge >= 0.3 is 0 Å². The minimum Gasteiger partial charge on any atom is -0.349 e. The Labute approximate surface area is 76.9 Å². The number of H-pyrrole nitrogens is 1. The number of rotatable bonds is 4. The van der Waals surface area contributed by atoms with Crippen molar-refractivity contribution < 1.29 is 4.79 Å². The molecule has 0 aliphatic rings. The van der Waals surface area contributed by atoms with Gasteiger partial charge < -0.3 is 5.32 Å². The third-order valence-electron chi connectivity index (χ3n) is 1.61. The molecule has 1 heterocycles. The van der Waals surface area contributed by atoms with Crippen molar-refractivity contribution in [1.29, 1.82) is 0 Å². The first kappa shape index (κ1) is 9.70. The molecule has 2 N–H and O–H groups in total. The molecular formula is C8H14N4O. The van der Waals surface area contributed by atoms with E-state index in [0.29, 0.717) is 6.54 Å². The number of carbonyl (C=O) groups excluding carboxylic acids is 1. The van der Waals surface area contributed by atoms with E-state index in [1.807, 2.05) is 13.8 Å². The topological polar surface area (TPSA) is 70.7 Å². The van der Waals surface area contributed by atoms with Crippen LogP contribution in [0.4, 0.5) is 0 Å². The van der Waals surface area contributed by atoms with E-state index in [-0.39, 0.29) is 11.7 Å². The summed E-state index contributed by atoms with van der Waals surface area (Å²) in [4.78, 5) is 15.3. The van der Waals surface area contributed by atoms with Crippen molar-refractivity contribution >= 4 is 5.91 Å². The number of nitrogens with one attached hydrogen (secondary N) is 2. The zero-order valence-electron chi connectivity index (χ0n) is 7.92. The Bertz CT molecular complexity index is 281. The number of aromatic nitrogens is 3. The predicted octanol–water partition coefficient (Wildman–Crippen LogP) is 0.507. The molecular weight excluding hydrogens is 168 g/mol. The monoisotopic (exact) mass is 182 g/mol. The zero-order valence-corrected chi connectivity index (χ0v) is 7.92. The SMILES string of the molecule is CCCNC(=O)c1n[nH]c(CC)n1. The summed E-state index contributed by atoms with van der Waals surface area (Å²) in [5, 5.41) is 9.18. The maximum Gasteiger partial charge on any atom is 0.290 e. The van der Waals surface area contributed by atoms with Gasteiger partial charge in [0.25, 0.3) is 5.91 Å². The van der Waals surface area contributed by atoms with Crippen molar-refractivity contribution in [3.63, 3.8) is 0 Å². The molecule has 0 atom stereocenters. The lowest BCUT2D eigenvalue weighted by Crippen LogP contribution is -2.25. The first-order chi connectivity index (χ1) is 6.27. The second-order valence-corrected chi connectivity index (χ2v) is 2.72. The van der Waals surface area contributed by atoms with E-state index in [1.54, 1.807) is 0 Å². The van der Waals surface area contributed by atoms with Crippen molar-refractivity contribution in [1.82, 2.24) is 20.5 Å². The minimum atomic E-state index is -0.210. The van der Waals surface area contributed by atoms with Crippen molar-refractivity contribution in [3.8, 4) is 0 Å². The van der Waals surface area contributed by atoms with Gasteiger partial charge in [0.2, 0.25) is 5.82 Å². The van der Waals surface area contributed by atoms with Crippen LogP contribution in [0.15, 0.2) is 0 Å². The molecule has 0 radical (unpaired) electrons. The number of nitrogens with zero attached hydrogens (tertiary/aromatic N) is 2. The Morgan fingerprint density at radius 1 is 1.54 bits per heavy atom. The Kier molecular flexibility index (Phi) is 3.42. The first-order valence-electron chi connectivity index (χ1n) is 4.47. The number of aromatic amines is 1. The van der Waals surface area contributed by atoms with Gasteiger partial charge in [0.05, 0.1) is 0 Å². The molecule has 0 aliphatic carbocycles. The molecule has 5 nitrogen and oxygen atoms in total. The van der Waals surface area contributed by atoms with Gasteiger partial charge in [-0.1, -0.05) is 13.8 Å². The Balaban J connectivity index is 2.55. The van der Waals surface area contributed by atoms with Crippen LogP contribution in [-0.4, -0.2) is 27.6 Å². The summed E-state index contributed by atoms with van der Waals surface area (Å²) in [6.45, 7) is 4.61. The van der Waals surface area contributed by atoms with Gasteiger partial charge in [-0.25, -0.2) is 4.98 Å². The first-order valence-corrected chi connectivity index (χ1v) is 4.47. The molecule has 1 aromatic heterocycles. The molecule has 72 valence electrons. The van der Waals surface area contributed by atoms with Crippen LogP contribution in [0.1, 0.15) is 36.7 Å². The Morgan fingerprint density at radius 2 is 2.31 bits per heavy atom. The average Bonchev–Trinajstić information content (AvgIpc) is 2.62. The van der Waals surface area contributed by atoms with Crippen molar-refractivity contribution in [3.05, 3.63) is 11.6 Å². The molecule has 0 aliphatic heterocycles. The van der Waals surface area contributed by atoms with Gasteiger partial charge in [0.1, 0.15) is 5.82 Å². The lowest BCUT2D eigenvalue weighted by molar-refractivity contribution is 0.0943. The fraction of sp³-hybridized carbons (Fsp3) is 0.625. The summed E-state index contributed by atoms with van der Waals surface area (Å²) in [7, 11) is 0. The highest BCUT2D eigenvalue weighted by atomic mass is 16.2. The second kappa shape index (κ2) is 4.59. The van der Waals surface area contributed by atoms with Gasteiger partial charge in [-0.3, -0.25) is 9.89 Å². The average molecular weight is 182 g/mol. The molecule has 0 saturated carbocycles. The van der Waals surface area contributed by atoms with Gasteiger partial charge in [0, 0.05) is 13.0 Å². The van der Waals surface area contributed by atoms with Gasteiger partial charge in [0.15, 0.2) is 0 Å². The number of hydrogen-bond acceptors (Lipinski definition) is 3. The highest BCUT2D eigenvalue weighted by Crippen LogP contribution is 1.92. The molecule has 13 heavy (non-hydrogen) atoms. The number of amides is 1. The van der Waals surface area contributed by atoms with Crippen molar-refractivity contribution in [2.75, 3.05) is 6.54 Å². The number of hydrogen-bond donors (Lipinski definition) is 2. The fourth-order valence-electron chi connectivity index (χ4n) is 0.873. The van der Waals surface area contributed by atoms with E-state index in [2.05, 4.69) is 20.5 Å². The predicted molar refractivity (Wildman–Crippen MR) is 48.4 cm³/mol. The Morgan fingerprint density at radius 3 is 2.85 bits per heavy atom. The highest BCUT2D eigenvalue weighted by molar-refractivity contribution is 5.90. The molecule has 5 heteroatoms. The molecule has 0 spiro atoms. The van der Waals surface area contributed by atoms with Crippen molar-refractivity contribution in [2.45, 2.75) is 26.7 Å². The third-order valence-corrected chi connectivity index (χ3v) is 1.61. The molecule has 1 amide bonds. The molecule has 0 bridgehead atoms. The molecule has 0 fully saturated rings. The van der Waals surface area contributed by atoms with E-state index in [4.69, 9.17) is 0 Å². The molecule has 0 aromatic carbocycles. The van der Waals surface area contributed by atoms with Crippen LogP contribution >= 0.6 is 0 Å². The van der Waals surface area contributed by atoms with Crippen LogP contribution in [0.25, 0.3) is 0 Å². The smallest absolute Gasteiger partial charge is 0.290 e. The summed E-state index contributed by atoms with van der Waals surface area (Å²) < 4.78 is 0. The van der Waals surface area contributed by atoms with E-state index in [0.717, 1.165) is 18.7 Å². The fourth-order valence-corrected chi connectivity index (χ4v) is 0.873. The Hall–Kier alpha value is -1.39. The van der Waals surface area contributed by atoms with E-state index in [1.165, 1.54) is 0 Å². The molecule has 1 aromatic rings. The highest BCUT2D eigenvalue weighted by Gasteiger charge is 2.09. The molecule has 0 saturated heterocycles. The van der Waals surface area contributed by atoms with Gasteiger partial charge in [-0.15, -0.1) is 5.10 Å². The molecule has 0 unspecified atom stereocenters. The number of carbonyl (C=O) groups is 1. The van der Waals surface area contributed by atoms with Crippen LogP contribution in [0.5, 0.6) is 0 Å². The summed E-state index contributed by atoms with van der Waals surface area (Å²) >= 11 is 0. The van der Waals surface area contributed by atoms with Crippen molar-refractivity contribution in [2.24, 2.45) is 0 Å². The maximum absolute atomic E-state index is 11.3. The number of aryl methyl sites for hydroxylation is 1. The van der Waals surface area contributed by atoms with Crippen LogP contribution in [0.2, 0.25) is 0 Å². The van der Waals surface area contributed by atoms with Crippen LogP contribution in [0, 0.1) is 0 Å². The largest absolute Gasteiger partial charge is 0.349 e. The van der Waals surface area contributed by atoms with E-state index >= 15 is 0 Å². The minimum absolute atomic E-state index is 0.210. The normalized spacial score (nSPS) is 10.0. The zero-order chi connectivity index (χ0) is 9.68. The summed E-state index contributed by atoms with van der Waals surface area (Å²) in [6.07, 6.45) is 1.67. The van der Waals surface area contributed by atoms with Gasteiger partial charge in [-0.05, 0) is 6.42 Å². The van der Waals surface area contributed by atoms with E-state index in [9.17, 15) is 4.79 Å². The third kappa shape index (κ3) is 2.54. The van der Waals surface area contributed by atoms with E-state index < -0.39 is 0 Å². The molecule has 1 rings (SSSR count).